The lowest BCUT2D eigenvalue weighted by molar-refractivity contribution is -0.158. The lowest BCUT2D eigenvalue weighted by Gasteiger charge is -2.33. The molecule has 0 rings (SSSR count). The minimum atomic E-state index is -0.322. The first-order valence-corrected chi connectivity index (χ1v) is 6.38. The number of likely N-dealkylation sites (N-methyl/N-ethyl adjacent to an activating group) is 1. The van der Waals surface area contributed by atoms with Crippen LogP contribution in [0, 0.1) is 11.3 Å². The summed E-state index contributed by atoms with van der Waals surface area (Å²) < 4.78 is 5.32. The smallest absolute Gasteiger partial charge is 0.312 e. The molecule has 0 amide bonds. The molecule has 0 aromatic rings. The van der Waals surface area contributed by atoms with Crippen molar-refractivity contribution < 1.29 is 9.53 Å². The van der Waals surface area contributed by atoms with Gasteiger partial charge in [-0.05, 0) is 26.3 Å². The van der Waals surface area contributed by atoms with Gasteiger partial charge in [0.2, 0.25) is 0 Å². The summed E-state index contributed by atoms with van der Waals surface area (Å²) in [6, 6.07) is 0. The van der Waals surface area contributed by atoms with Gasteiger partial charge in [-0.2, -0.15) is 0 Å². The second kappa shape index (κ2) is 7.66. The average Bonchev–Trinajstić information content (AvgIpc) is 2.30. The maximum absolute atomic E-state index is 12.1. The van der Waals surface area contributed by atoms with Gasteiger partial charge < -0.3 is 10.1 Å². The third-order valence-corrected chi connectivity index (χ3v) is 3.67. The molecule has 0 saturated carbocycles. The molecule has 1 unspecified atom stereocenters. The maximum atomic E-state index is 12.1. The molecule has 96 valence electrons. The van der Waals surface area contributed by atoms with Crippen LogP contribution in [0.25, 0.3) is 0 Å². The molecule has 0 fully saturated rings. The Bertz CT molecular complexity index is 202. The first kappa shape index (κ1) is 15.4. The minimum absolute atomic E-state index is 0.0426. The van der Waals surface area contributed by atoms with Crippen LogP contribution in [0.2, 0.25) is 0 Å². The fourth-order valence-electron chi connectivity index (χ4n) is 2.20. The Hall–Kier alpha value is -0.570. The fraction of sp³-hybridized carbons (Fsp3) is 0.923. The van der Waals surface area contributed by atoms with Crippen LogP contribution in [0.3, 0.4) is 0 Å². The molecular formula is C13H27NO2. The van der Waals surface area contributed by atoms with Crippen LogP contribution < -0.4 is 5.32 Å². The predicted molar refractivity (Wildman–Crippen MR) is 67.4 cm³/mol. The van der Waals surface area contributed by atoms with E-state index in [1.165, 1.54) is 0 Å². The van der Waals surface area contributed by atoms with Crippen molar-refractivity contribution in [1.29, 1.82) is 0 Å². The van der Waals surface area contributed by atoms with E-state index in [0.29, 0.717) is 19.1 Å². The molecule has 0 saturated heterocycles. The molecule has 0 spiro atoms. The molecule has 16 heavy (non-hydrogen) atoms. The second-order valence-electron chi connectivity index (χ2n) is 4.52. The molecule has 3 nitrogen and oxygen atoms in total. The molecule has 0 aromatic heterocycles. The van der Waals surface area contributed by atoms with Crippen LogP contribution >= 0.6 is 0 Å². The van der Waals surface area contributed by atoms with Crippen molar-refractivity contribution in [3.8, 4) is 0 Å². The zero-order valence-corrected chi connectivity index (χ0v) is 11.4. The predicted octanol–water partition coefficient (Wildman–Crippen LogP) is 2.60. The number of esters is 1. The lowest BCUT2D eigenvalue weighted by atomic mass is 9.72. The molecule has 3 heteroatoms. The van der Waals surface area contributed by atoms with E-state index >= 15 is 0 Å². The van der Waals surface area contributed by atoms with Crippen molar-refractivity contribution in [3.63, 3.8) is 0 Å². The number of rotatable bonds is 8. The molecule has 0 aliphatic rings. The topological polar surface area (TPSA) is 38.3 Å². The standard InChI is InChI=1S/C13H27NO2/c1-6-11(7-2)13(4,8-3)12(15)16-10-9-14-5/h11,14H,6-10H2,1-5H3. The lowest BCUT2D eigenvalue weighted by Crippen LogP contribution is -2.37. The zero-order valence-electron chi connectivity index (χ0n) is 11.4. The van der Waals surface area contributed by atoms with E-state index in [9.17, 15) is 4.79 Å². The highest BCUT2D eigenvalue weighted by Gasteiger charge is 2.39. The number of hydrogen-bond donors (Lipinski definition) is 1. The van der Waals surface area contributed by atoms with E-state index < -0.39 is 0 Å². The van der Waals surface area contributed by atoms with Gasteiger partial charge in [0.25, 0.3) is 0 Å². The molecule has 1 N–H and O–H groups in total. The Labute approximate surface area is 99.9 Å². The summed E-state index contributed by atoms with van der Waals surface area (Å²) in [4.78, 5) is 12.1. The molecule has 0 aromatic carbocycles. The Balaban J connectivity index is 4.48. The van der Waals surface area contributed by atoms with Crippen LogP contribution in [0.5, 0.6) is 0 Å². The van der Waals surface area contributed by atoms with Crippen molar-refractivity contribution in [1.82, 2.24) is 5.32 Å². The van der Waals surface area contributed by atoms with Gasteiger partial charge in [-0.25, -0.2) is 0 Å². The Morgan fingerprint density at radius 3 is 2.25 bits per heavy atom. The maximum Gasteiger partial charge on any atom is 0.312 e. The molecule has 1 atom stereocenters. The third-order valence-electron chi connectivity index (χ3n) is 3.67. The number of nitrogens with one attached hydrogen (secondary N) is 1. The summed E-state index contributed by atoms with van der Waals surface area (Å²) >= 11 is 0. The van der Waals surface area contributed by atoms with Gasteiger partial charge in [0.15, 0.2) is 0 Å². The van der Waals surface area contributed by atoms with Crippen molar-refractivity contribution >= 4 is 5.97 Å². The van der Waals surface area contributed by atoms with Gasteiger partial charge in [-0.3, -0.25) is 4.79 Å². The molecule has 0 bridgehead atoms. The summed E-state index contributed by atoms with van der Waals surface area (Å²) in [6.07, 6.45) is 2.90. The first-order chi connectivity index (χ1) is 7.56. The van der Waals surface area contributed by atoms with Crippen LogP contribution in [0.15, 0.2) is 0 Å². The summed E-state index contributed by atoms with van der Waals surface area (Å²) in [5, 5.41) is 2.97. The first-order valence-electron chi connectivity index (χ1n) is 6.38. The van der Waals surface area contributed by atoms with E-state index in [0.717, 1.165) is 19.3 Å². The molecule has 0 aliphatic heterocycles. The Morgan fingerprint density at radius 2 is 1.88 bits per heavy atom. The van der Waals surface area contributed by atoms with Gasteiger partial charge in [0.05, 0.1) is 5.41 Å². The molecule has 0 heterocycles. The van der Waals surface area contributed by atoms with Crippen LogP contribution in [-0.2, 0) is 9.53 Å². The van der Waals surface area contributed by atoms with Crippen molar-refractivity contribution in [2.24, 2.45) is 11.3 Å². The molecule has 0 radical (unpaired) electrons. The van der Waals surface area contributed by atoms with Crippen molar-refractivity contribution in [2.45, 2.75) is 47.0 Å². The van der Waals surface area contributed by atoms with Crippen molar-refractivity contribution in [3.05, 3.63) is 0 Å². The van der Waals surface area contributed by atoms with E-state index in [4.69, 9.17) is 4.74 Å². The minimum Gasteiger partial charge on any atom is -0.464 e. The quantitative estimate of drug-likeness (QED) is 0.513. The van der Waals surface area contributed by atoms with E-state index in [1.54, 1.807) is 0 Å². The highest BCUT2D eigenvalue weighted by Crippen LogP contribution is 2.36. The fourth-order valence-corrected chi connectivity index (χ4v) is 2.20. The third kappa shape index (κ3) is 3.78. The number of hydrogen-bond acceptors (Lipinski definition) is 3. The van der Waals surface area contributed by atoms with Gasteiger partial charge in [0.1, 0.15) is 6.61 Å². The normalized spacial score (nSPS) is 14.9. The van der Waals surface area contributed by atoms with Gasteiger partial charge in [0, 0.05) is 6.54 Å². The SMILES string of the molecule is CCC(CC)C(C)(CC)C(=O)OCCNC. The summed E-state index contributed by atoms with van der Waals surface area (Å²) in [5.41, 5.74) is -0.322. The monoisotopic (exact) mass is 229 g/mol. The summed E-state index contributed by atoms with van der Waals surface area (Å²) in [6.45, 7) is 9.56. The largest absolute Gasteiger partial charge is 0.464 e. The van der Waals surface area contributed by atoms with E-state index in [1.807, 2.05) is 14.0 Å². The van der Waals surface area contributed by atoms with Gasteiger partial charge in [-0.15, -0.1) is 0 Å². The second-order valence-corrected chi connectivity index (χ2v) is 4.52. The summed E-state index contributed by atoms with van der Waals surface area (Å²) in [7, 11) is 1.85. The van der Waals surface area contributed by atoms with Crippen LogP contribution in [-0.4, -0.2) is 26.2 Å². The number of ether oxygens (including phenoxy) is 1. The highest BCUT2D eigenvalue weighted by molar-refractivity contribution is 5.76. The van der Waals surface area contributed by atoms with Gasteiger partial charge >= 0.3 is 5.97 Å². The Kier molecular flexibility index (Phi) is 7.39. The van der Waals surface area contributed by atoms with Gasteiger partial charge in [-0.1, -0.05) is 33.6 Å². The number of carbonyl (C=O) groups excluding carboxylic acids is 1. The highest BCUT2D eigenvalue weighted by atomic mass is 16.5. The zero-order chi connectivity index (χ0) is 12.6. The molecule has 0 aliphatic carbocycles. The van der Waals surface area contributed by atoms with Crippen LogP contribution in [0.1, 0.15) is 47.0 Å². The van der Waals surface area contributed by atoms with Crippen molar-refractivity contribution in [2.75, 3.05) is 20.2 Å². The van der Waals surface area contributed by atoms with E-state index in [-0.39, 0.29) is 11.4 Å². The average molecular weight is 229 g/mol. The van der Waals surface area contributed by atoms with Crippen LogP contribution in [0.4, 0.5) is 0 Å². The molecular weight excluding hydrogens is 202 g/mol. The Morgan fingerprint density at radius 1 is 1.31 bits per heavy atom. The van der Waals surface area contributed by atoms with E-state index in [2.05, 4.69) is 26.1 Å². The summed E-state index contributed by atoms with van der Waals surface area (Å²) in [5.74, 6) is 0.374. The number of carbonyl (C=O) groups is 1.